The first kappa shape index (κ1) is 23.4. The van der Waals surface area contributed by atoms with E-state index in [2.05, 4.69) is 25.8 Å². The smallest absolute Gasteiger partial charge is 0.290 e. The summed E-state index contributed by atoms with van der Waals surface area (Å²) in [6.07, 6.45) is 4.17. The van der Waals surface area contributed by atoms with Crippen LogP contribution >= 0.6 is 0 Å². The van der Waals surface area contributed by atoms with E-state index >= 15 is 0 Å². The van der Waals surface area contributed by atoms with Crippen LogP contribution in [0, 0.1) is 35.7 Å². The van der Waals surface area contributed by atoms with Gasteiger partial charge in [-0.2, -0.15) is 5.26 Å². The number of halogens is 3. The Hall–Kier alpha value is -4.33. The number of nitriles is 1. The summed E-state index contributed by atoms with van der Waals surface area (Å²) < 4.78 is 48.0. The number of benzene rings is 1. The fourth-order valence-electron chi connectivity index (χ4n) is 4.60. The lowest BCUT2D eigenvalue weighted by molar-refractivity contribution is 0.0889. The van der Waals surface area contributed by atoms with E-state index in [0.29, 0.717) is 18.5 Å². The number of nitrogens with zero attached hydrogens (tertiary/aromatic N) is 3. The first-order valence-corrected chi connectivity index (χ1v) is 11.4. The van der Waals surface area contributed by atoms with E-state index in [1.54, 1.807) is 13.0 Å². The number of amides is 1. The van der Waals surface area contributed by atoms with Crippen LogP contribution < -0.4 is 10.6 Å². The minimum absolute atomic E-state index is 0.0590. The molecule has 1 aliphatic carbocycles. The first-order valence-electron chi connectivity index (χ1n) is 11.4. The highest BCUT2D eigenvalue weighted by molar-refractivity contribution is 5.96. The highest BCUT2D eigenvalue weighted by Gasteiger charge is 2.26. The van der Waals surface area contributed by atoms with Crippen LogP contribution in [0.1, 0.15) is 47.5 Å². The molecule has 1 fully saturated rings. The zero-order valence-corrected chi connectivity index (χ0v) is 19.2. The summed E-state index contributed by atoms with van der Waals surface area (Å²) in [4.78, 5) is 19.5. The van der Waals surface area contributed by atoms with E-state index in [0.717, 1.165) is 31.0 Å². The number of fused-ring (bicyclic) bond motifs is 1. The summed E-state index contributed by atoms with van der Waals surface area (Å²) in [5.74, 6) is -2.63. The van der Waals surface area contributed by atoms with Crippen molar-refractivity contribution in [2.24, 2.45) is 0 Å². The number of carbonyl (C=O) groups excluding carboxylic acids is 1. The van der Waals surface area contributed by atoms with Gasteiger partial charge < -0.3 is 20.1 Å². The Morgan fingerprint density at radius 2 is 1.97 bits per heavy atom. The van der Waals surface area contributed by atoms with Crippen LogP contribution in [0.15, 0.2) is 35.0 Å². The fraction of sp³-hybridized carbons (Fsp3) is 0.280. The summed E-state index contributed by atoms with van der Waals surface area (Å²) >= 11 is 0. The minimum atomic E-state index is -0.786. The summed E-state index contributed by atoms with van der Waals surface area (Å²) in [6, 6.07) is 6.01. The van der Waals surface area contributed by atoms with Crippen molar-refractivity contribution in [3.05, 3.63) is 64.9 Å². The summed E-state index contributed by atoms with van der Waals surface area (Å²) in [5.41, 5.74) is 0.962. The predicted molar refractivity (Wildman–Crippen MR) is 124 cm³/mol. The molecule has 1 unspecified atom stereocenters. The monoisotopic (exact) mass is 494 g/mol. The van der Waals surface area contributed by atoms with Gasteiger partial charge in [-0.25, -0.2) is 18.2 Å². The van der Waals surface area contributed by atoms with Crippen molar-refractivity contribution in [2.75, 3.05) is 5.32 Å². The molecule has 2 atom stereocenters. The molecule has 1 aromatic carbocycles. The Kier molecular flexibility index (Phi) is 6.10. The quantitative estimate of drug-likeness (QED) is 0.360. The fourth-order valence-corrected chi connectivity index (χ4v) is 4.60. The zero-order valence-electron chi connectivity index (χ0n) is 19.2. The number of aryl methyl sites for hydroxylation is 1. The minimum Gasteiger partial charge on any atom is -0.365 e. The number of carbonyl (C=O) groups is 1. The highest BCUT2D eigenvalue weighted by atomic mass is 19.1. The van der Waals surface area contributed by atoms with Crippen molar-refractivity contribution in [2.45, 2.75) is 44.7 Å². The number of aromatic amines is 1. The van der Waals surface area contributed by atoms with E-state index in [4.69, 9.17) is 4.52 Å². The van der Waals surface area contributed by atoms with Gasteiger partial charge in [0.05, 0.1) is 22.5 Å². The number of rotatable bonds is 5. The number of hydrogen-bond donors (Lipinski definition) is 3. The number of aromatic nitrogens is 3. The van der Waals surface area contributed by atoms with E-state index in [9.17, 15) is 23.2 Å². The van der Waals surface area contributed by atoms with Gasteiger partial charge in [0.25, 0.3) is 5.91 Å². The van der Waals surface area contributed by atoms with Gasteiger partial charge in [-0.3, -0.25) is 4.79 Å². The summed E-state index contributed by atoms with van der Waals surface area (Å²) in [7, 11) is 0. The molecule has 184 valence electrons. The summed E-state index contributed by atoms with van der Waals surface area (Å²) in [6.45, 7) is 1.72. The molecule has 1 aliphatic rings. The number of anilines is 1. The van der Waals surface area contributed by atoms with Crippen molar-refractivity contribution >= 4 is 22.6 Å². The van der Waals surface area contributed by atoms with Crippen LogP contribution in [0.2, 0.25) is 0 Å². The second-order valence-electron chi connectivity index (χ2n) is 8.85. The van der Waals surface area contributed by atoms with E-state index in [-0.39, 0.29) is 57.3 Å². The molecule has 3 heterocycles. The van der Waals surface area contributed by atoms with Gasteiger partial charge in [-0.05, 0) is 44.7 Å². The molecular formula is C25H21F3N6O2. The number of hydrogen-bond acceptors (Lipinski definition) is 6. The Morgan fingerprint density at radius 1 is 1.17 bits per heavy atom. The summed E-state index contributed by atoms with van der Waals surface area (Å²) in [5, 5.41) is 19.5. The van der Waals surface area contributed by atoms with Gasteiger partial charge in [0.1, 0.15) is 17.7 Å². The van der Waals surface area contributed by atoms with Crippen molar-refractivity contribution in [1.29, 1.82) is 5.26 Å². The van der Waals surface area contributed by atoms with Crippen molar-refractivity contribution in [1.82, 2.24) is 20.4 Å². The topological polar surface area (TPSA) is 120 Å². The average Bonchev–Trinajstić information content (AvgIpc) is 3.47. The van der Waals surface area contributed by atoms with Gasteiger partial charge in [-0.15, -0.1) is 0 Å². The molecule has 0 saturated heterocycles. The second-order valence-corrected chi connectivity index (χ2v) is 8.85. The molecule has 11 heteroatoms. The van der Waals surface area contributed by atoms with Crippen LogP contribution in [0.3, 0.4) is 0 Å². The van der Waals surface area contributed by atoms with E-state index in [1.807, 2.05) is 6.07 Å². The molecule has 1 saturated carbocycles. The third-order valence-corrected chi connectivity index (χ3v) is 6.26. The normalized spacial score (nSPS) is 17.6. The molecule has 0 bridgehead atoms. The van der Waals surface area contributed by atoms with Crippen LogP contribution in [0.4, 0.5) is 19.0 Å². The predicted octanol–water partition coefficient (Wildman–Crippen LogP) is 4.97. The Labute approximate surface area is 203 Å². The maximum atomic E-state index is 14.9. The van der Waals surface area contributed by atoms with E-state index in [1.165, 1.54) is 6.20 Å². The molecule has 36 heavy (non-hydrogen) atoms. The van der Waals surface area contributed by atoms with Crippen LogP contribution in [0.25, 0.3) is 22.2 Å². The molecule has 3 aromatic heterocycles. The molecule has 4 aromatic rings. The molecular weight excluding hydrogens is 473 g/mol. The van der Waals surface area contributed by atoms with Crippen molar-refractivity contribution < 1.29 is 22.5 Å². The third kappa shape index (κ3) is 4.49. The van der Waals surface area contributed by atoms with Crippen LogP contribution in [0.5, 0.6) is 0 Å². The SMILES string of the molecule is Cc1cc(C(=O)N[C@@H]2CCCC(Nc3nc(-c4c[nH]c5c(F)cc(F)cc45)c(C#N)cc3F)C2)on1. The molecule has 0 aliphatic heterocycles. The van der Waals surface area contributed by atoms with E-state index < -0.39 is 17.5 Å². The Balaban J connectivity index is 1.39. The third-order valence-electron chi connectivity index (χ3n) is 6.26. The highest BCUT2D eigenvalue weighted by Crippen LogP contribution is 2.34. The standard InChI is InChI=1S/C25H21F3N6O2/c1-12-5-21(36-34-12)25(35)32-16-4-2-3-15(9-16)31-24-20(28)6-13(10-29)22(33-24)18-11-30-23-17(18)7-14(26)8-19(23)27/h5-8,11,15-16,30H,2-4,9H2,1H3,(H,31,33)(H,32,35)/t15?,16-/m1/s1. The van der Waals surface area contributed by atoms with Crippen LogP contribution in [-0.2, 0) is 0 Å². The van der Waals surface area contributed by atoms with Crippen LogP contribution in [-0.4, -0.2) is 33.1 Å². The lowest BCUT2D eigenvalue weighted by Crippen LogP contribution is -2.41. The van der Waals surface area contributed by atoms with Gasteiger partial charge >= 0.3 is 0 Å². The molecule has 0 radical (unpaired) electrons. The lowest BCUT2D eigenvalue weighted by atomic mass is 9.90. The van der Waals surface area contributed by atoms with Gasteiger partial charge in [0.2, 0.25) is 5.76 Å². The number of nitrogens with one attached hydrogen (secondary N) is 3. The molecule has 0 spiro atoms. The Morgan fingerprint density at radius 3 is 2.72 bits per heavy atom. The maximum absolute atomic E-state index is 14.9. The van der Waals surface area contributed by atoms with Crippen molar-refractivity contribution in [3.63, 3.8) is 0 Å². The maximum Gasteiger partial charge on any atom is 0.290 e. The number of pyridine rings is 1. The second kappa shape index (κ2) is 9.37. The largest absolute Gasteiger partial charge is 0.365 e. The molecule has 5 rings (SSSR count). The first-order chi connectivity index (χ1) is 17.3. The van der Waals surface area contributed by atoms with Gasteiger partial charge in [-0.1, -0.05) is 5.16 Å². The molecule has 8 nitrogen and oxygen atoms in total. The van der Waals surface area contributed by atoms with Gasteiger partial charge in [0.15, 0.2) is 11.6 Å². The number of H-pyrrole nitrogens is 1. The zero-order chi connectivity index (χ0) is 25.4. The van der Waals surface area contributed by atoms with Crippen molar-refractivity contribution in [3.8, 4) is 17.3 Å². The average molecular weight is 494 g/mol. The molecule has 1 amide bonds. The Bertz CT molecular complexity index is 1510. The molecule has 3 N–H and O–H groups in total. The van der Waals surface area contributed by atoms with Gasteiger partial charge in [0, 0.05) is 41.4 Å². The lowest BCUT2D eigenvalue weighted by Gasteiger charge is -2.30.